The molecule has 0 fully saturated rings. The van der Waals surface area contributed by atoms with Gasteiger partial charge in [0.2, 0.25) is 10.0 Å². The normalized spacial score (nSPS) is 11.0. The second kappa shape index (κ2) is 8.68. The average Bonchev–Trinajstić information content (AvgIpc) is 2.74. The van der Waals surface area contributed by atoms with Gasteiger partial charge in [-0.05, 0) is 47.5 Å². The summed E-state index contributed by atoms with van der Waals surface area (Å²) in [7, 11) is -3.88. The number of amides is 1. The van der Waals surface area contributed by atoms with Crippen LogP contribution in [0.2, 0.25) is 0 Å². The molecule has 3 N–H and O–H groups in total. The molecular weight excluding hydrogens is 392 g/mol. The Bertz CT molecular complexity index is 1110. The number of carbonyl (C=O) groups is 2. The van der Waals surface area contributed by atoms with Gasteiger partial charge in [-0.25, -0.2) is 8.42 Å². The fourth-order valence-corrected chi connectivity index (χ4v) is 3.58. The molecule has 3 aromatic rings. The number of carbonyl (C=O) groups excluding carboxylic acids is 1. The van der Waals surface area contributed by atoms with Crippen LogP contribution in [0.1, 0.15) is 10.4 Å². The maximum absolute atomic E-state index is 12.2. The molecule has 0 bridgehead atoms. The highest BCUT2D eigenvalue weighted by molar-refractivity contribution is 7.89. The lowest BCUT2D eigenvalue weighted by Crippen LogP contribution is -2.29. The Kier molecular flexibility index (Phi) is 6.06. The summed E-state index contributed by atoms with van der Waals surface area (Å²) < 4.78 is 26.1. The Morgan fingerprint density at radius 2 is 1.34 bits per heavy atom. The molecule has 7 nitrogen and oxygen atoms in total. The molecule has 1 amide bonds. The fraction of sp³-hybridized carbons (Fsp3) is 0.0476. The molecule has 0 aliphatic heterocycles. The Labute approximate surface area is 168 Å². The van der Waals surface area contributed by atoms with Crippen molar-refractivity contribution in [2.75, 3.05) is 11.9 Å². The van der Waals surface area contributed by atoms with Crippen LogP contribution in [0, 0.1) is 0 Å². The lowest BCUT2D eigenvalue weighted by atomic mass is 10.1. The zero-order chi connectivity index (χ0) is 20.9. The summed E-state index contributed by atoms with van der Waals surface area (Å²) in [5, 5.41) is 11.4. The van der Waals surface area contributed by atoms with Gasteiger partial charge in [0, 0.05) is 11.3 Å². The Morgan fingerprint density at radius 1 is 0.793 bits per heavy atom. The van der Waals surface area contributed by atoms with Crippen molar-refractivity contribution in [1.82, 2.24) is 4.72 Å². The summed E-state index contributed by atoms with van der Waals surface area (Å²) in [4.78, 5) is 22.7. The summed E-state index contributed by atoms with van der Waals surface area (Å²) >= 11 is 0. The molecule has 0 aromatic heterocycles. The van der Waals surface area contributed by atoms with Crippen molar-refractivity contribution in [3.8, 4) is 11.1 Å². The van der Waals surface area contributed by atoms with Crippen molar-refractivity contribution >= 4 is 27.6 Å². The van der Waals surface area contributed by atoms with E-state index in [9.17, 15) is 18.0 Å². The van der Waals surface area contributed by atoms with Gasteiger partial charge in [-0.15, -0.1) is 0 Å². The highest BCUT2D eigenvalue weighted by Gasteiger charge is 2.15. The van der Waals surface area contributed by atoms with E-state index >= 15 is 0 Å². The van der Waals surface area contributed by atoms with Gasteiger partial charge in [0.15, 0.2) is 0 Å². The quantitative estimate of drug-likeness (QED) is 0.554. The van der Waals surface area contributed by atoms with Crippen LogP contribution in [-0.2, 0) is 14.8 Å². The highest BCUT2D eigenvalue weighted by atomic mass is 32.2. The van der Waals surface area contributed by atoms with E-state index in [0.29, 0.717) is 11.3 Å². The number of sulfonamides is 1. The molecule has 0 radical (unpaired) electrons. The first kappa shape index (κ1) is 20.2. The summed E-state index contributed by atoms with van der Waals surface area (Å²) in [5.41, 5.74) is 2.82. The molecule has 8 heteroatoms. The third-order valence-electron chi connectivity index (χ3n) is 4.09. The van der Waals surface area contributed by atoms with E-state index in [1.165, 1.54) is 12.1 Å². The molecule has 0 saturated heterocycles. The van der Waals surface area contributed by atoms with Gasteiger partial charge in [0.25, 0.3) is 5.91 Å². The lowest BCUT2D eigenvalue weighted by Gasteiger charge is -2.08. The Morgan fingerprint density at radius 3 is 1.90 bits per heavy atom. The smallest absolute Gasteiger partial charge is 0.318 e. The van der Waals surface area contributed by atoms with E-state index < -0.39 is 22.5 Å². The summed E-state index contributed by atoms with van der Waals surface area (Å²) in [6.07, 6.45) is 0. The minimum atomic E-state index is -3.88. The first-order valence-electron chi connectivity index (χ1n) is 8.63. The third-order valence-corrected chi connectivity index (χ3v) is 5.51. The number of hydrogen-bond acceptors (Lipinski definition) is 4. The largest absolute Gasteiger partial charge is 0.480 e. The topological polar surface area (TPSA) is 113 Å². The van der Waals surface area contributed by atoms with Gasteiger partial charge in [-0.2, -0.15) is 4.72 Å². The monoisotopic (exact) mass is 410 g/mol. The molecule has 0 heterocycles. The number of carboxylic acid groups (broad SMARTS) is 1. The fourth-order valence-electron chi connectivity index (χ4n) is 2.61. The first-order valence-corrected chi connectivity index (χ1v) is 10.1. The van der Waals surface area contributed by atoms with E-state index in [2.05, 4.69) is 5.32 Å². The van der Waals surface area contributed by atoms with Gasteiger partial charge >= 0.3 is 5.97 Å². The molecule has 0 spiro atoms. The lowest BCUT2D eigenvalue weighted by molar-refractivity contribution is -0.135. The van der Waals surface area contributed by atoms with Crippen molar-refractivity contribution in [3.63, 3.8) is 0 Å². The van der Waals surface area contributed by atoms with Crippen LogP contribution in [-0.4, -0.2) is 31.9 Å². The molecule has 0 atom stereocenters. The third kappa shape index (κ3) is 5.28. The minimum absolute atomic E-state index is 0.0192. The van der Waals surface area contributed by atoms with E-state index in [-0.39, 0.29) is 10.8 Å². The molecule has 0 aliphatic rings. The van der Waals surface area contributed by atoms with Crippen LogP contribution >= 0.6 is 0 Å². The van der Waals surface area contributed by atoms with E-state index in [1.807, 2.05) is 22.9 Å². The predicted molar refractivity (Wildman–Crippen MR) is 109 cm³/mol. The molecule has 148 valence electrons. The van der Waals surface area contributed by atoms with Crippen molar-refractivity contribution in [1.29, 1.82) is 0 Å². The summed E-state index contributed by atoms with van der Waals surface area (Å²) in [6, 6.07) is 22.1. The van der Waals surface area contributed by atoms with Crippen molar-refractivity contribution < 1.29 is 23.1 Å². The SMILES string of the molecule is O=C(O)CNS(=O)(=O)c1ccc(-c2ccc(NC(=O)c3ccccc3)cc2)cc1. The zero-order valence-electron chi connectivity index (χ0n) is 15.2. The van der Waals surface area contributed by atoms with Crippen LogP contribution in [0.5, 0.6) is 0 Å². The second-order valence-electron chi connectivity index (χ2n) is 6.14. The molecular formula is C21H18N2O5S. The van der Waals surface area contributed by atoms with E-state index in [4.69, 9.17) is 5.11 Å². The van der Waals surface area contributed by atoms with Crippen LogP contribution in [0.3, 0.4) is 0 Å². The molecule has 0 unspecified atom stereocenters. The first-order chi connectivity index (χ1) is 13.8. The summed E-state index contributed by atoms with van der Waals surface area (Å²) in [5.74, 6) is -1.47. The minimum Gasteiger partial charge on any atom is -0.480 e. The standard InChI is InChI=1S/C21H18N2O5S/c24-20(25)14-22-29(27,28)19-12-8-16(9-13-19)15-6-10-18(11-7-15)23-21(26)17-4-2-1-3-5-17/h1-13,22H,14H2,(H,23,26)(H,24,25). The molecule has 0 saturated carbocycles. The predicted octanol–water partition coefficient (Wildman–Crippen LogP) is 2.97. The van der Waals surface area contributed by atoms with Gasteiger partial charge in [0.1, 0.15) is 6.54 Å². The number of carboxylic acids is 1. The van der Waals surface area contributed by atoms with Crippen LogP contribution in [0.25, 0.3) is 11.1 Å². The zero-order valence-corrected chi connectivity index (χ0v) is 16.0. The van der Waals surface area contributed by atoms with Crippen molar-refractivity contribution in [2.45, 2.75) is 4.90 Å². The van der Waals surface area contributed by atoms with Gasteiger partial charge in [-0.1, -0.05) is 42.5 Å². The number of hydrogen-bond donors (Lipinski definition) is 3. The average molecular weight is 410 g/mol. The molecule has 3 rings (SSSR count). The Balaban J connectivity index is 1.70. The second-order valence-corrected chi connectivity index (χ2v) is 7.91. The van der Waals surface area contributed by atoms with Gasteiger partial charge < -0.3 is 10.4 Å². The van der Waals surface area contributed by atoms with Gasteiger partial charge in [-0.3, -0.25) is 9.59 Å². The van der Waals surface area contributed by atoms with Crippen molar-refractivity contribution in [3.05, 3.63) is 84.4 Å². The molecule has 0 aliphatic carbocycles. The molecule has 29 heavy (non-hydrogen) atoms. The maximum Gasteiger partial charge on any atom is 0.318 e. The number of nitrogens with one attached hydrogen (secondary N) is 2. The molecule has 3 aromatic carbocycles. The summed E-state index contributed by atoms with van der Waals surface area (Å²) in [6.45, 7) is -0.680. The number of anilines is 1. The maximum atomic E-state index is 12.2. The Hall–Kier alpha value is -3.49. The number of benzene rings is 3. The van der Waals surface area contributed by atoms with E-state index in [0.717, 1.165) is 11.1 Å². The van der Waals surface area contributed by atoms with Crippen LogP contribution in [0.15, 0.2) is 83.8 Å². The number of rotatable bonds is 7. The highest BCUT2D eigenvalue weighted by Crippen LogP contribution is 2.23. The van der Waals surface area contributed by atoms with Gasteiger partial charge in [0.05, 0.1) is 4.90 Å². The number of aliphatic carboxylic acids is 1. The van der Waals surface area contributed by atoms with Crippen LogP contribution < -0.4 is 10.0 Å². The van der Waals surface area contributed by atoms with E-state index in [1.54, 1.807) is 48.5 Å². The van der Waals surface area contributed by atoms with Crippen molar-refractivity contribution in [2.24, 2.45) is 0 Å². The van der Waals surface area contributed by atoms with Crippen LogP contribution in [0.4, 0.5) is 5.69 Å².